The van der Waals surface area contributed by atoms with E-state index in [2.05, 4.69) is 18.7 Å². The molecule has 1 saturated carbocycles. The smallest absolute Gasteiger partial charge is 0.305 e. The summed E-state index contributed by atoms with van der Waals surface area (Å²) in [5, 5.41) is 9.01. The van der Waals surface area contributed by atoms with Crippen LogP contribution in [0.25, 0.3) is 0 Å². The maximum Gasteiger partial charge on any atom is 0.305 e. The first-order valence-corrected chi connectivity index (χ1v) is 7.13. The maximum absolute atomic E-state index is 10.9. The highest BCUT2D eigenvalue weighted by Gasteiger charge is 2.36. The van der Waals surface area contributed by atoms with Gasteiger partial charge in [-0.25, -0.2) is 0 Å². The molecule has 2 aliphatic rings. The third kappa shape index (κ3) is 3.23. The first kappa shape index (κ1) is 13.8. The van der Waals surface area contributed by atoms with Crippen molar-refractivity contribution in [2.45, 2.75) is 51.6 Å². The minimum atomic E-state index is -0.715. The van der Waals surface area contributed by atoms with E-state index >= 15 is 0 Å². The number of morpholine rings is 1. The normalized spacial score (nSPS) is 38.6. The van der Waals surface area contributed by atoms with Gasteiger partial charge in [-0.3, -0.25) is 9.69 Å². The minimum Gasteiger partial charge on any atom is -0.481 e. The van der Waals surface area contributed by atoms with Gasteiger partial charge >= 0.3 is 5.97 Å². The molecule has 1 saturated heterocycles. The first-order chi connectivity index (χ1) is 8.58. The average molecular weight is 255 g/mol. The van der Waals surface area contributed by atoms with Gasteiger partial charge < -0.3 is 9.84 Å². The molecular formula is C14H25NO3. The number of carboxylic acids is 1. The fraction of sp³-hybridized carbons (Fsp3) is 0.929. The van der Waals surface area contributed by atoms with E-state index in [1.54, 1.807) is 0 Å². The molecule has 0 aromatic rings. The molecule has 2 fully saturated rings. The Morgan fingerprint density at radius 3 is 2.83 bits per heavy atom. The second kappa shape index (κ2) is 6.02. The standard InChI is InChI=1S/C14H25NO3/c1-10-3-4-13(11(2)7-10)15-5-6-18-9-12(15)8-14(16)17/h10-13H,3-9H2,1-2H3,(H,16,17). The van der Waals surface area contributed by atoms with Gasteiger partial charge in [-0.15, -0.1) is 0 Å². The van der Waals surface area contributed by atoms with Crippen molar-refractivity contribution in [2.24, 2.45) is 11.8 Å². The number of carbonyl (C=O) groups is 1. The van der Waals surface area contributed by atoms with Crippen LogP contribution in [0.5, 0.6) is 0 Å². The third-order valence-corrected chi connectivity index (χ3v) is 4.50. The van der Waals surface area contributed by atoms with Crippen LogP contribution in [0.4, 0.5) is 0 Å². The molecule has 4 heteroatoms. The first-order valence-electron chi connectivity index (χ1n) is 7.13. The topological polar surface area (TPSA) is 49.8 Å². The van der Waals surface area contributed by atoms with E-state index in [0.717, 1.165) is 19.1 Å². The van der Waals surface area contributed by atoms with Crippen LogP contribution in [-0.4, -0.2) is 47.8 Å². The Balaban J connectivity index is 2.01. The SMILES string of the molecule is CC1CCC(N2CCOCC2CC(=O)O)C(C)C1. The van der Waals surface area contributed by atoms with Crippen molar-refractivity contribution in [1.29, 1.82) is 0 Å². The molecule has 4 nitrogen and oxygen atoms in total. The number of nitrogens with zero attached hydrogens (tertiary/aromatic N) is 1. The van der Waals surface area contributed by atoms with E-state index in [9.17, 15) is 4.79 Å². The van der Waals surface area contributed by atoms with Gasteiger partial charge in [0, 0.05) is 18.6 Å². The van der Waals surface area contributed by atoms with Crippen LogP contribution >= 0.6 is 0 Å². The lowest BCUT2D eigenvalue weighted by molar-refractivity contribution is -0.141. The molecule has 0 aromatic carbocycles. The number of aliphatic carboxylic acids is 1. The molecule has 0 aromatic heterocycles. The van der Waals surface area contributed by atoms with Gasteiger partial charge in [0.15, 0.2) is 0 Å². The summed E-state index contributed by atoms with van der Waals surface area (Å²) in [5.41, 5.74) is 0. The molecule has 1 aliphatic heterocycles. The number of ether oxygens (including phenoxy) is 1. The zero-order chi connectivity index (χ0) is 13.1. The lowest BCUT2D eigenvalue weighted by Crippen LogP contribution is -2.54. The quantitative estimate of drug-likeness (QED) is 0.838. The average Bonchev–Trinajstić information content (AvgIpc) is 2.30. The van der Waals surface area contributed by atoms with Crippen LogP contribution in [0.3, 0.4) is 0 Å². The molecule has 1 aliphatic carbocycles. The number of hydrogen-bond donors (Lipinski definition) is 1. The Bertz CT molecular complexity index is 295. The van der Waals surface area contributed by atoms with Gasteiger partial charge in [-0.05, 0) is 31.1 Å². The Kier molecular flexibility index (Phi) is 4.62. The second-order valence-corrected chi connectivity index (χ2v) is 6.03. The Hall–Kier alpha value is -0.610. The largest absolute Gasteiger partial charge is 0.481 e. The summed E-state index contributed by atoms with van der Waals surface area (Å²) in [6.45, 7) is 6.84. The van der Waals surface area contributed by atoms with Crippen molar-refractivity contribution in [1.82, 2.24) is 4.90 Å². The zero-order valence-corrected chi connectivity index (χ0v) is 11.5. The molecule has 1 N–H and O–H groups in total. The fourth-order valence-corrected chi connectivity index (χ4v) is 3.62. The van der Waals surface area contributed by atoms with E-state index in [4.69, 9.17) is 9.84 Å². The second-order valence-electron chi connectivity index (χ2n) is 6.03. The molecule has 1 heterocycles. The molecule has 0 spiro atoms. The van der Waals surface area contributed by atoms with Gasteiger partial charge in [-0.2, -0.15) is 0 Å². The van der Waals surface area contributed by atoms with Crippen LogP contribution < -0.4 is 0 Å². The van der Waals surface area contributed by atoms with Crippen molar-refractivity contribution in [3.05, 3.63) is 0 Å². The summed E-state index contributed by atoms with van der Waals surface area (Å²) in [5.74, 6) is 0.769. The van der Waals surface area contributed by atoms with Crippen LogP contribution in [0.15, 0.2) is 0 Å². The summed E-state index contributed by atoms with van der Waals surface area (Å²) in [7, 11) is 0. The van der Waals surface area contributed by atoms with Gasteiger partial charge in [0.05, 0.1) is 19.6 Å². The number of rotatable bonds is 3. The van der Waals surface area contributed by atoms with Crippen molar-refractivity contribution in [3.63, 3.8) is 0 Å². The number of carboxylic acid groups (broad SMARTS) is 1. The predicted octanol–water partition coefficient (Wildman–Crippen LogP) is 1.99. The maximum atomic E-state index is 10.9. The third-order valence-electron chi connectivity index (χ3n) is 4.50. The summed E-state index contributed by atoms with van der Waals surface area (Å²) in [6.07, 6.45) is 3.95. The van der Waals surface area contributed by atoms with Gasteiger partial charge in [0.25, 0.3) is 0 Å². The van der Waals surface area contributed by atoms with Crippen LogP contribution in [-0.2, 0) is 9.53 Å². The van der Waals surface area contributed by atoms with Crippen molar-refractivity contribution >= 4 is 5.97 Å². The molecule has 18 heavy (non-hydrogen) atoms. The van der Waals surface area contributed by atoms with Crippen LogP contribution in [0.2, 0.25) is 0 Å². The van der Waals surface area contributed by atoms with E-state index in [1.165, 1.54) is 19.3 Å². The zero-order valence-electron chi connectivity index (χ0n) is 11.5. The summed E-state index contributed by atoms with van der Waals surface area (Å²) < 4.78 is 5.46. The molecule has 4 atom stereocenters. The van der Waals surface area contributed by atoms with E-state index in [1.807, 2.05) is 0 Å². The Morgan fingerprint density at radius 1 is 1.39 bits per heavy atom. The highest BCUT2D eigenvalue weighted by Crippen LogP contribution is 2.33. The number of hydrogen-bond acceptors (Lipinski definition) is 3. The molecule has 4 unspecified atom stereocenters. The lowest BCUT2D eigenvalue weighted by Gasteiger charge is -2.46. The molecular weight excluding hydrogens is 230 g/mol. The molecule has 2 rings (SSSR count). The molecule has 0 bridgehead atoms. The van der Waals surface area contributed by atoms with Crippen LogP contribution in [0.1, 0.15) is 39.5 Å². The monoisotopic (exact) mass is 255 g/mol. The van der Waals surface area contributed by atoms with E-state index < -0.39 is 5.97 Å². The van der Waals surface area contributed by atoms with Gasteiger partial charge in [0.2, 0.25) is 0 Å². The lowest BCUT2D eigenvalue weighted by atomic mass is 9.78. The fourth-order valence-electron chi connectivity index (χ4n) is 3.62. The van der Waals surface area contributed by atoms with Gasteiger partial charge in [0.1, 0.15) is 0 Å². The van der Waals surface area contributed by atoms with E-state index in [-0.39, 0.29) is 12.5 Å². The Morgan fingerprint density at radius 2 is 2.17 bits per heavy atom. The van der Waals surface area contributed by atoms with Gasteiger partial charge in [-0.1, -0.05) is 13.8 Å². The van der Waals surface area contributed by atoms with Crippen molar-refractivity contribution < 1.29 is 14.6 Å². The summed E-state index contributed by atoms with van der Waals surface area (Å²) in [4.78, 5) is 13.4. The molecule has 104 valence electrons. The van der Waals surface area contributed by atoms with Crippen LogP contribution in [0, 0.1) is 11.8 Å². The minimum absolute atomic E-state index is 0.0668. The van der Waals surface area contributed by atoms with E-state index in [0.29, 0.717) is 18.6 Å². The predicted molar refractivity (Wildman–Crippen MR) is 69.5 cm³/mol. The molecule has 0 radical (unpaired) electrons. The highest BCUT2D eigenvalue weighted by atomic mass is 16.5. The van der Waals surface area contributed by atoms with Crippen molar-refractivity contribution in [3.8, 4) is 0 Å². The highest BCUT2D eigenvalue weighted by molar-refractivity contribution is 5.67. The Labute approximate surface area is 109 Å². The van der Waals surface area contributed by atoms with Crippen molar-refractivity contribution in [2.75, 3.05) is 19.8 Å². The summed E-state index contributed by atoms with van der Waals surface area (Å²) in [6, 6.07) is 0.617. The molecule has 0 amide bonds. The summed E-state index contributed by atoms with van der Waals surface area (Å²) >= 11 is 0.